The van der Waals surface area contributed by atoms with E-state index in [-0.39, 0.29) is 79.6 Å². The Hall–Kier alpha value is -2.57. The molecule has 0 aromatic rings. The number of carbonyl (C=O) groups is 5. The molecule has 0 spiro atoms. The van der Waals surface area contributed by atoms with Crippen LogP contribution in [0.5, 0.6) is 0 Å². The van der Waals surface area contributed by atoms with Crippen LogP contribution in [0.3, 0.4) is 0 Å². The van der Waals surface area contributed by atoms with Crippen molar-refractivity contribution in [2.45, 2.75) is 91.0 Å². The van der Waals surface area contributed by atoms with E-state index in [0.29, 0.717) is 106 Å². The Labute approximate surface area is 334 Å². The van der Waals surface area contributed by atoms with E-state index in [1.807, 2.05) is 13.8 Å². The molecule has 2 aliphatic rings. The fraction of sp³-hybridized carbons (Fsp3) is 0.875. The molecule has 1 saturated carbocycles. The van der Waals surface area contributed by atoms with E-state index in [4.69, 9.17) is 37.9 Å². The molecule has 56 heavy (non-hydrogen) atoms. The van der Waals surface area contributed by atoms with Crippen LogP contribution in [0.25, 0.3) is 0 Å². The topological polar surface area (TPSA) is 186 Å². The number of carbonyl (C=O) groups excluding carboxylic acids is 5. The van der Waals surface area contributed by atoms with Crippen LogP contribution >= 0.6 is 0 Å². The Morgan fingerprint density at radius 2 is 1.04 bits per heavy atom. The lowest BCUT2D eigenvalue weighted by Gasteiger charge is -2.24. The van der Waals surface area contributed by atoms with Crippen LogP contribution in [0.2, 0.25) is 0 Å². The third-order valence-corrected chi connectivity index (χ3v) is 9.63. The second-order valence-electron chi connectivity index (χ2n) is 14.4. The average Bonchev–Trinajstić information content (AvgIpc) is 3.43. The highest BCUT2D eigenvalue weighted by atomic mass is 16.6. The van der Waals surface area contributed by atoms with E-state index in [2.05, 4.69) is 10.6 Å². The zero-order valence-corrected chi connectivity index (χ0v) is 34.4. The molecule has 0 radical (unpaired) electrons. The summed E-state index contributed by atoms with van der Waals surface area (Å²) < 4.78 is 43.8. The van der Waals surface area contributed by atoms with Gasteiger partial charge in [0.05, 0.1) is 118 Å². The molecule has 0 bridgehead atoms. The van der Waals surface area contributed by atoms with Gasteiger partial charge in [0.1, 0.15) is 0 Å². The zero-order chi connectivity index (χ0) is 40.6. The SMILES string of the molecule is CC(=O)C(NC(=O)CCOCCOCCOCCOCCOCCOCCOCCOCCNC(=O)CCN1C(=O)CC(C2CCCCCCC2)C1=O)C(C)C. The predicted octanol–water partition coefficient (Wildman–Crippen LogP) is 2.48. The standard InChI is InChI=1S/C40H71N3O13/c1-32(2)39(33(3)44)42-37(46)12-15-49-17-19-51-21-23-53-25-27-55-29-30-56-28-26-54-24-22-52-20-18-50-16-13-41-36(45)11-14-43-38(47)31-35(40(43)48)34-9-7-5-4-6-8-10-34/h32,34-35,39H,4-31H2,1-3H3,(H,41,45)(H,42,46). The molecule has 4 amide bonds. The van der Waals surface area contributed by atoms with Gasteiger partial charge in [-0.15, -0.1) is 0 Å². The molecular weight excluding hydrogens is 730 g/mol. The monoisotopic (exact) mass is 801 g/mol. The van der Waals surface area contributed by atoms with Gasteiger partial charge in [0.25, 0.3) is 0 Å². The van der Waals surface area contributed by atoms with Crippen molar-refractivity contribution in [3.63, 3.8) is 0 Å². The van der Waals surface area contributed by atoms with Gasteiger partial charge in [0.15, 0.2) is 5.78 Å². The molecule has 2 unspecified atom stereocenters. The number of rotatable bonds is 34. The highest BCUT2D eigenvalue weighted by Gasteiger charge is 2.42. The number of hydrogen-bond acceptors (Lipinski definition) is 13. The first-order valence-corrected chi connectivity index (χ1v) is 20.7. The van der Waals surface area contributed by atoms with Crippen molar-refractivity contribution < 1.29 is 61.9 Å². The summed E-state index contributed by atoms with van der Waals surface area (Å²) in [4.78, 5) is 62.6. The molecule has 0 aromatic heterocycles. The largest absolute Gasteiger partial charge is 0.379 e. The molecule has 2 fully saturated rings. The van der Waals surface area contributed by atoms with Gasteiger partial charge in [0.2, 0.25) is 23.6 Å². The first-order chi connectivity index (χ1) is 27.2. The van der Waals surface area contributed by atoms with Crippen LogP contribution in [-0.4, -0.2) is 159 Å². The quantitative estimate of drug-likeness (QED) is 0.0715. The molecule has 2 rings (SSSR count). The normalized spacial score (nSPS) is 17.3. The number of hydrogen-bond donors (Lipinski definition) is 2. The number of ketones is 1. The van der Waals surface area contributed by atoms with Crippen molar-refractivity contribution in [3.05, 3.63) is 0 Å². The molecular formula is C40H71N3O13. The summed E-state index contributed by atoms with van der Waals surface area (Å²) in [5.74, 6) is -0.589. The van der Waals surface area contributed by atoms with Crippen molar-refractivity contribution in [3.8, 4) is 0 Å². The van der Waals surface area contributed by atoms with E-state index >= 15 is 0 Å². The minimum atomic E-state index is -0.465. The molecule has 0 aromatic carbocycles. The van der Waals surface area contributed by atoms with Gasteiger partial charge in [0, 0.05) is 32.4 Å². The van der Waals surface area contributed by atoms with Gasteiger partial charge in [-0.05, 0) is 31.6 Å². The summed E-state index contributed by atoms with van der Waals surface area (Å²) in [7, 11) is 0. The van der Waals surface area contributed by atoms with Gasteiger partial charge in [-0.25, -0.2) is 0 Å². The van der Waals surface area contributed by atoms with Gasteiger partial charge in [-0.1, -0.05) is 46.0 Å². The van der Waals surface area contributed by atoms with Gasteiger partial charge < -0.3 is 48.5 Å². The number of Topliss-reactive ketones (excluding diaryl/α,β-unsaturated/α-hetero) is 1. The van der Waals surface area contributed by atoms with Crippen molar-refractivity contribution in [1.82, 2.24) is 15.5 Å². The lowest BCUT2D eigenvalue weighted by molar-refractivity contribution is -0.140. The molecule has 2 atom stereocenters. The zero-order valence-electron chi connectivity index (χ0n) is 34.4. The van der Waals surface area contributed by atoms with Crippen LogP contribution in [0.1, 0.15) is 85.0 Å². The van der Waals surface area contributed by atoms with E-state index in [0.717, 1.165) is 25.7 Å². The summed E-state index contributed by atoms with van der Waals surface area (Å²) in [5, 5.41) is 5.52. The second-order valence-corrected chi connectivity index (χ2v) is 14.4. The maximum absolute atomic E-state index is 13.0. The summed E-state index contributed by atoms with van der Waals surface area (Å²) in [6, 6.07) is -0.465. The molecule has 1 saturated heterocycles. The highest BCUT2D eigenvalue weighted by Crippen LogP contribution is 2.35. The maximum atomic E-state index is 13.0. The van der Waals surface area contributed by atoms with Gasteiger partial charge >= 0.3 is 0 Å². The third-order valence-electron chi connectivity index (χ3n) is 9.63. The lowest BCUT2D eigenvalue weighted by atomic mass is 9.81. The smallest absolute Gasteiger partial charge is 0.233 e. The van der Waals surface area contributed by atoms with E-state index in [1.54, 1.807) is 0 Å². The lowest BCUT2D eigenvalue weighted by Crippen LogP contribution is -2.43. The van der Waals surface area contributed by atoms with E-state index in [9.17, 15) is 24.0 Å². The minimum absolute atomic E-state index is 0.0455. The molecule has 1 aliphatic carbocycles. The summed E-state index contributed by atoms with van der Waals surface area (Å²) in [5.41, 5.74) is 0. The fourth-order valence-electron chi connectivity index (χ4n) is 6.56. The summed E-state index contributed by atoms with van der Waals surface area (Å²) in [6.45, 7) is 12.4. The summed E-state index contributed by atoms with van der Waals surface area (Å²) >= 11 is 0. The van der Waals surface area contributed by atoms with Crippen LogP contribution in [0, 0.1) is 17.8 Å². The molecule has 16 nitrogen and oxygen atoms in total. The Bertz CT molecular complexity index is 1090. The second kappa shape index (κ2) is 32.4. The Morgan fingerprint density at radius 1 is 0.607 bits per heavy atom. The van der Waals surface area contributed by atoms with Crippen molar-refractivity contribution in [2.24, 2.45) is 17.8 Å². The van der Waals surface area contributed by atoms with E-state index in [1.165, 1.54) is 31.1 Å². The molecule has 16 heteroatoms. The van der Waals surface area contributed by atoms with Crippen LogP contribution in [0.4, 0.5) is 0 Å². The molecule has 324 valence electrons. The summed E-state index contributed by atoms with van der Waals surface area (Å²) in [6.07, 6.45) is 8.52. The maximum Gasteiger partial charge on any atom is 0.233 e. The first-order valence-electron chi connectivity index (χ1n) is 20.7. The van der Waals surface area contributed by atoms with Gasteiger partial charge in [-0.2, -0.15) is 0 Å². The average molecular weight is 802 g/mol. The molecule has 1 aliphatic heterocycles. The first kappa shape index (κ1) is 49.6. The van der Waals surface area contributed by atoms with Crippen molar-refractivity contribution >= 4 is 29.4 Å². The van der Waals surface area contributed by atoms with E-state index < -0.39 is 6.04 Å². The Balaban J connectivity index is 1.25. The van der Waals surface area contributed by atoms with Crippen molar-refractivity contribution in [1.29, 1.82) is 0 Å². The number of nitrogens with zero attached hydrogens (tertiary/aromatic N) is 1. The van der Waals surface area contributed by atoms with Crippen molar-refractivity contribution in [2.75, 3.05) is 119 Å². The number of likely N-dealkylation sites (tertiary alicyclic amines) is 1. The molecule has 1 heterocycles. The van der Waals surface area contributed by atoms with Crippen LogP contribution < -0.4 is 10.6 Å². The van der Waals surface area contributed by atoms with Crippen LogP contribution in [0.15, 0.2) is 0 Å². The number of amides is 4. The number of ether oxygens (including phenoxy) is 8. The predicted molar refractivity (Wildman–Crippen MR) is 207 cm³/mol. The number of nitrogens with one attached hydrogen (secondary N) is 2. The third kappa shape index (κ3) is 23.6. The minimum Gasteiger partial charge on any atom is -0.379 e. The Morgan fingerprint density at radius 3 is 1.48 bits per heavy atom. The van der Waals surface area contributed by atoms with Crippen LogP contribution in [-0.2, 0) is 61.9 Å². The number of imide groups is 1. The van der Waals surface area contributed by atoms with Gasteiger partial charge in [-0.3, -0.25) is 28.9 Å². The molecule has 2 N–H and O–H groups in total. The fourth-order valence-corrected chi connectivity index (χ4v) is 6.56. The Kier molecular flexibility index (Phi) is 28.7. The highest BCUT2D eigenvalue weighted by molar-refractivity contribution is 6.04.